The van der Waals surface area contributed by atoms with E-state index in [0.29, 0.717) is 37.5 Å². The molecule has 0 bridgehead atoms. The highest BCUT2D eigenvalue weighted by Gasteiger charge is 2.30. The van der Waals surface area contributed by atoms with E-state index in [4.69, 9.17) is 19.7 Å². The van der Waals surface area contributed by atoms with Crippen LogP contribution in [-0.4, -0.2) is 36.6 Å². The first kappa shape index (κ1) is 13.5. The average Bonchev–Trinajstić information content (AvgIpc) is 2.73. The average molecular weight is 255 g/mol. The number of rotatable bonds is 7. The fourth-order valence-corrected chi connectivity index (χ4v) is 1.67. The molecular weight excluding hydrogens is 234 g/mol. The van der Waals surface area contributed by atoms with Crippen molar-refractivity contribution >= 4 is 0 Å². The molecule has 0 spiro atoms. The van der Waals surface area contributed by atoms with E-state index in [0.717, 1.165) is 12.8 Å². The quantitative estimate of drug-likeness (QED) is 0.782. The Bertz CT molecular complexity index is 374. The fourth-order valence-electron chi connectivity index (χ4n) is 1.67. The van der Waals surface area contributed by atoms with Crippen LogP contribution in [0.4, 0.5) is 0 Å². The summed E-state index contributed by atoms with van der Waals surface area (Å²) in [6, 6.07) is 0. The molecule has 6 heteroatoms. The summed E-state index contributed by atoms with van der Waals surface area (Å²) in [5, 5.41) is 3.92. The topological polar surface area (TPSA) is 83.4 Å². The van der Waals surface area contributed by atoms with Crippen molar-refractivity contribution in [2.75, 3.05) is 20.3 Å². The van der Waals surface area contributed by atoms with Gasteiger partial charge in [0.2, 0.25) is 5.89 Å². The molecule has 0 aromatic carbocycles. The van der Waals surface area contributed by atoms with Gasteiger partial charge >= 0.3 is 0 Å². The number of nitrogens with two attached hydrogens (primary N) is 1. The molecule has 1 fully saturated rings. The van der Waals surface area contributed by atoms with Crippen molar-refractivity contribution in [3.05, 3.63) is 11.7 Å². The minimum Gasteiger partial charge on any atom is -0.384 e. The third kappa shape index (κ3) is 3.28. The molecule has 1 atom stereocenters. The summed E-state index contributed by atoms with van der Waals surface area (Å²) in [5.41, 5.74) is 5.46. The second kappa shape index (κ2) is 5.77. The predicted molar refractivity (Wildman–Crippen MR) is 65.0 cm³/mol. The molecule has 0 amide bonds. The Hall–Kier alpha value is -0.980. The van der Waals surface area contributed by atoms with E-state index in [1.807, 2.05) is 6.92 Å². The highest BCUT2D eigenvalue weighted by atomic mass is 16.5. The van der Waals surface area contributed by atoms with Gasteiger partial charge in [-0.25, -0.2) is 0 Å². The zero-order valence-electron chi connectivity index (χ0n) is 11.0. The summed E-state index contributed by atoms with van der Waals surface area (Å²) < 4.78 is 15.8. The maximum absolute atomic E-state index is 6.17. The SMILES string of the molecule is COCCc1nc(C(C)(N)COC2CCC2)no1. The highest BCUT2D eigenvalue weighted by molar-refractivity contribution is 5.02. The highest BCUT2D eigenvalue weighted by Crippen LogP contribution is 2.24. The van der Waals surface area contributed by atoms with Crippen LogP contribution >= 0.6 is 0 Å². The van der Waals surface area contributed by atoms with Gasteiger partial charge in [-0.2, -0.15) is 4.98 Å². The van der Waals surface area contributed by atoms with Crippen molar-refractivity contribution in [2.45, 2.75) is 44.2 Å². The molecule has 6 nitrogen and oxygen atoms in total. The predicted octanol–water partition coefficient (Wildman–Crippen LogP) is 1.00. The van der Waals surface area contributed by atoms with Gasteiger partial charge in [0.15, 0.2) is 5.82 Å². The van der Waals surface area contributed by atoms with Gasteiger partial charge in [-0.1, -0.05) is 5.16 Å². The summed E-state index contributed by atoms with van der Waals surface area (Å²) in [6.45, 7) is 2.83. The fraction of sp³-hybridized carbons (Fsp3) is 0.833. The van der Waals surface area contributed by atoms with Gasteiger partial charge < -0.3 is 19.7 Å². The van der Waals surface area contributed by atoms with Gasteiger partial charge in [0, 0.05) is 7.11 Å². The first-order chi connectivity index (χ1) is 8.62. The largest absolute Gasteiger partial charge is 0.384 e. The van der Waals surface area contributed by atoms with Crippen molar-refractivity contribution in [1.29, 1.82) is 0 Å². The maximum atomic E-state index is 6.17. The van der Waals surface area contributed by atoms with E-state index >= 15 is 0 Å². The van der Waals surface area contributed by atoms with E-state index in [9.17, 15) is 0 Å². The van der Waals surface area contributed by atoms with Crippen LogP contribution in [0, 0.1) is 0 Å². The molecule has 1 aliphatic rings. The third-order valence-corrected chi connectivity index (χ3v) is 3.17. The summed E-state index contributed by atoms with van der Waals surface area (Å²) in [7, 11) is 1.64. The smallest absolute Gasteiger partial charge is 0.229 e. The summed E-state index contributed by atoms with van der Waals surface area (Å²) >= 11 is 0. The zero-order valence-corrected chi connectivity index (χ0v) is 11.0. The lowest BCUT2D eigenvalue weighted by Crippen LogP contribution is -2.41. The molecule has 1 heterocycles. The van der Waals surface area contributed by atoms with Gasteiger partial charge in [-0.15, -0.1) is 0 Å². The molecule has 1 unspecified atom stereocenters. The molecule has 102 valence electrons. The van der Waals surface area contributed by atoms with Crippen LogP contribution in [0.2, 0.25) is 0 Å². The van der Waals surface area contributed by atoms with Crippen LogP contribution in [0.25, 0.3) is 0 Å². The molecule has 0 aliphatic heterocycles. The van der Waals surface area contributed by atoms with E-state index in [-0.39, 0.29) is 0 Å². The Labute approximate surface area is 107 Å². The standard InChI is InChI=1S/C12H21N3O3/c1-12(13,8-17-9-4-3-5-9)11-14-10(18-15-11)6-7-16-2/h9H,3-8,13H2,1-2H3. The van der Waals surface area contributed by atoms with Gasteiger partial charge in [0.05, 0.1) is 25.7 Å². The molecule has 1 aliphatic carbocycles. The summed E-state index contributed by atoms with van der Waals surface area (Å²) in [5.74, 6) is 1.04. The first-order valence-electron chi connectivity index (χ1n) is 6.34. The first-order valence-corrected chi connectivity index (χ1v) is 6.34. The lowest BCUT2D eigenvalue weighted by Gasteiger charge is -2.29. The molecule has 0 radical (unpaired) electrons. The minimum atomic E-state index is -0.704. The van der Waals surface area contributed by atoms with Crippen LogP contribution in [0.1, 0.15) is 37.9 Å². The number of methoxy groups -OCH3 is 1. The van der Waals surface area contributed by atoms with Gasteiger partial charge in [-0.3, -0.25) is 0 Å². The van der Waals surface area contributed by atoms with Gasteiger partial charge in [-0.05, 0) is 26.2 Å². The molecule has 2 N–H and O–H groups in total. The number of hydrogen-bond acceptors (Lipinski definition) is 6. The van der Waals surface area contributed by atoms with Crippen LogP contribution in [-0.2, 0) is 21.4 Å². The Kier molecular flexibility index (Phi) is 4.31. The number of hydrogen-bond donors (Lipinski definition) is 1. The van der Waals surface area contributed by atoms with Crippen molar-refractivity contribution in [1.82, 2.24) is 10.1 Å². The Morgan fingerprint density at radius 1 is 1.50 bits per heavy atom. The third-order valence-electron chi connectivity index (χ3n) is 3.17. The van der Waals surface area contributed by atoms with Crippen LogP contribution < -0.4 is 5.73 Å². The normalized spacial score (nSPS) is 19.5. The minimum absolute atomic E-state index is 0.354. The van der Waals surface area contributed by atoms with Crippen LogP contribution in [0.3, 0.4) is 0 Å². The zero-order chi connectivity index (χ0) is 13.0. The van der Waals surface area contributed by atoms with E-state index in [1.165, 1.54) is 6.42 Å². The lowest BCUT2D eigenvalue weighted by atomic mass is 9.95. The van der Waals surface area contributed by atoms with Gasteiger partial charge in [0.25, 0.3) is 0 Å². The lowest BCUT2D eigenvalue weighted by molar-refractivity contribution is -0.0222. The number of ether oxygens (including phenoxy) is 2. The molecule has 1 aromatic rings. The summed E-state index contributed by atoms with van der Waals surface area (Å²) in [4.78, 5) is 4.28. The van der Waals surface area contributed by atoms with Crippen molar-refractivity contribution in [2.24, 2.45) is 5.73 Å². The number of nitrogens with zero attached hydrogens (tertiary/aromatic N) is 2. The molecule has 1 saturated carbocycles. The van der Waals surface area contributed by atoms with Crippen molar-refractivity contribution < 1.29 is 14.0 Å². The van der Waals surface area contributed by atoms with E-state index in [1.54, 1.807) is 7.11 Å². The van der Waals surface area contributed by atoms with Crippen molar-refractivity contribution in [3.63, 3.8) is 0 Å². The Morgan fingerprint density at radius 2 is 2.28 bits per heavy atom. The van der Waals surface area contributed by atoms with Crippen LogP contribution in [0.15, 0.2) is 4.52 Å². The van der Waals surface area contributed by atoms with Crippen molar-refractivity contribution in [3.8, 4) is 0 Å². The van der Waals surface area contributed by atoms with E-state index < -0.39 is 5.54 Å². The molecule has 2 rings (SSSR count). The van der Waals surface area contributed by atoms with E-state index in [2.05, 4.69) is 10.1 Å². The second-order valence-electron chi connectivity index (χ2n) is 5.04. The van der Waals surface area contributed by atoms with Gasteiger partial charge in [0.1, 0.15) is 5.54 Å². The molecule has 0 saturated heterocycles. The Morgan fingerprint density at radius 3 is 2.89 bits per heavy atom. The molecule has 18 heavy (non-hydrogen) atoms. The molecule has 1 aromatic heterocycles. The monoisotopic (exact) mass is 255 g/mol. The second-order valence-corrected chi connectivity index (χ2v) is 5.04. The number of aromatic nitrogens is 2. The summed E-state index contributed by atoms with van der Waals surface area (Å²) in [6.07, 6.45) is 4.45. The Balaban J connectivity index is 1.88. The maximum Gasteiger partial charge on any atom is 0.229 e. The molecular formula is C12H21N3O3. The van der Waals surface area contributed by atoms with Crippen LogP contribution in [0.5, 0.6) is 0 Å².